The van der Waals surface area contributed by atoms with E-state index in [0.29, 0.717) is 18.8 Å². The molecule has 2 heterocycles. The van der Waals surface area contributed by atoms with Crippen LogP contribution >= 0.6 is 0 Å². The number of hydrogen-bond acceptors (Lipinski definition) is 5. The quantitative estimate of drug-likeness (QED) is 0.616. The summed E-state index contributed by atoms with van der Waals surface area (Å²) in [5, 5.41) is 1.09. The minimum Gasteiger partial charge on any atom is -0.495 e. The molecule has 0 bridgehead atoms. The second-order valence-electron chi connectivity index (χ2n) is 7.60. The number of sulfonamides is 1. The number of furan rings is 1. The van der Waals surface area contributed by atoms with Gasteiger partial charge >= 0.3 is 0 Å². The highest BCUT2D eigenvalue weighted by atomic mass is 32.2. The van der Waals surface area contributed by atoms with Crippen LogP contribution < -0.4 is 4.74 Å². The van der Waals surface area contributed by atoms with Gasteiger partial charge in [-0.3, -0.25) is 4.90 Å². The SMILES string of the molecule is COc1ccc(C)cc1S(=O)(=O)N(C)C1CCN(Cc2cc3ccccc3o2)C1. The zero-order chi connectivity index (χ0) is 20.6. The largest absolute Gasteiger partial charge is 0.495 e. The van der Waals surface area contributed by atoms with Gasteiger partial charge in [0.2, 0.25) is 10.0 Å². The summed E-state index contributed by atoms with van der Waals surface area (Å²) < 4.78 is 39.2. The molecule has 3 aromatic rings. The molecule has 6 nitrogen and oxygen atoms in total. The van der Waals surface area contributed by atoms with E-state index in [4.69, 9.17) is 9.15 Å². The molecule has 1 saturated heterocycles. The number of benzene rings is 2. The van der Waals surface area contributed by atoms with Crippen LogP contribution in [0.5, 0.6) is 5.75 Å². The van der Waals surface area contributed by atoms with Gasteiger partial charge in [-0.05, 0) is 43.2 Å². The van der Waals surface area contributed by atoms with Gasteiger partial charge in [0.1, 0.15) is 22.0 Å². The van der Waals surface area contributed by atoms with Crippen molar-refractivity contribution in [1.82, 2.24) is 9.21 Å². The fraction of sp³-hybridized carbons (Fsp3) is 0.364. The van der Waals surface area contributed by atoms with Crippen molar-refractivity contribution in [3.63, 3.8) is 0 Å². The van der Waals surface area contributed by atoms with Crippen molar-refractivity contribution in [2.24, 2.45) is 0 Å². The lowest BCUT2D eigenvalue weighted by Crippen LogP contribution is -2.39. The van der Waals surface area contributed by atoms with Gasteiger partial charge < -0.3 is 9.15 Å². The first-order chi connectivity index (χ1) is 13.9. The Balaban J connectivity index is 1.48. The Labute approximate surface area is 171 Å². The molecular weight excluding hydrogens is 388 g/mol. The summed E-state index contributed by atoms with van der Waals surface area (Å²) in [7, 11) is -0.493. The third kappa shape index (κ3) is 3.90. The molecule has 0 amide bonds. The van der Waals surface area contributed by atoms with Crippen molar-refractivity contribution in [3.05, 3.63) is 59.9 Å². The van der Waals surface area contributed by atoms with E-state index < -0.39 is 10.0 Å². The van der Waals surface area contributed by atoms with Crippen LogP contribution in [0.2, 0.25) is 0 Å². The van der Waals surface area contributed by atoms with E-state index in [2.05, 4.69) is 11.0 Å². The van der Waals surface area contributed by atoms with Gasteiger partial charge in [-0.2, -0.15) is 4.31 Å². The van der Waals surface area contributed by atoms with E-state index in [1.807, 2.05) is 37.3 Å². The summed E-state index contributed by atoms with van der Waals surface area (Å²) >= 11 is 0. The maximum Gasteiger partial charge on any atom is 0.246 e. The van der Waals surface area contributed by atoms with Gasteiger partial charge in [-0.25, -0.2) is 8.42 Å². The Morgan fingerprint density at radius 2 is 2.00 bits per heavy atom. The van der Waals surface area contributed by atoms with Gasteiger partial charge in [0, 0.05) is 31.6 Å². The molecule has 7 heteroatoms. The van der Waals surface area contributed by atoms with E-state index in [9.17, 15) is 8.42 Å². The summed E-state index contributed by atoms with van der Waals surface area (Å²) in [5.74, 6) is 1.28. The number of hydrogen-bond donors (Lipinski definition) is 0. The van der Waals surface area contributed by atoms with E-state index >= 15 is 0 Å². The third-order valence-electron chi connectivity index (χ3n) is 5.59. The van der Waals surface area contributed by atoms with Gasteiger partial charge in [-0.1, -0.05) is 24.3 Å². The molecule has 0 spiro atoms. The standard InChI is InChI=1S/C22H26N2O4S/c1-16-8-9-21(27-3)22(12-16)29(25,26)23(2)18-10-11-24(14-18)15-19-13-17-6-4-5-7-20(17)28-19/h4-9,12-13,18H,10-11,14-15H2,1-3H3. The molecule has 1 aliphatic rings. The van der Waals surface area contributed by atoms with Crippen LogP contribution in [0.15, 0.2) is 57.8 Å². The predicted octanol–water partition coefficient (Wildman–Crippen LogP) is 3.64. The van der Waals surface area contributed by atoms with Crippen LogP contribution in [-0.4, -0.2) is 50.9 Å². The van der Waals surface area contributed by atoms with Gasteiger partial charge in [0.15, 0.2) is 0 Å². The molecule has 0 N–H and O–H groups in total. The molecule has 1 unspecified atom stereocenters. The molecule has 2 aromatic carbocycles. The second kappa shape index (κ2) is 7.82. The normalized spacial score (nSPS) is 18.0. The fourth-order valence-electron chi connectivity index (χ4n) is 3.92. The highest BCUT2D eigenvalue weighted by Gasteiger charge is 2.35. The number of likely N-dealkylation sites (tertiary alicyclic amines) is 1. The van der Waals surface area contributed by atoms with Gasteiger partial charge in [-0.15, -0.1) is 0 Å². The summed E-state index contributed by atoms with van der Waals surface area (Å²) in [6.07, 6.45) is 0.782. The van der Waals surface area contributed by atoms with Crippen LogP contribution in [0.4, 0.5) is 0 Å². The van der Waals surface area contributed by atoms with Crippen LogP contribution in [0.25, 0.3) is 11.0 Å². The number of rotatable bonds is 6. The van der Waals surface area contributed by atoms with E-state index in [1.165, 1.54) is 11.4 Å². The lowest BCUT2D eigenvalue weighted by Gasteiger charge is -2.25. The zero-order valence-electron chi connectivity index (χ0n) is 17.0. The van der Waals surface area contributed by atoms with Crippen LogP contribution in [0.1, 0.15) is 17.7 Å². The first-order valence-electron chi connectivity index (χ1n) is 9.71. The molecule has 0 aliphatic carbocycles. The molecule has 1 aromatic heterocycles. The summed E-state index contributed by atoms with van der Waals surface area (Å²) in [5.41, 5.74) is 1.76. The Bertz CT molecular complexity index is 1090. The Kier molecular flexibility index (Phi) is 5.38. The number of nitrogens with zero attached hydrogens (tertiary/aromatic N) is 2. The first-order valence-corrected chi connectivity index (χ1v) is 11.1. The number of likely N-dealkylation sites (N-methyl/N-ethyl adjacent to an activating group) is 1. The van der Waals surface area contributed by atoms with Crippen LogP contribution in [-0.2, 0) is 16.6 Å². The summed E-state index contributed by atoms with van der Waals surface area (Å²) in [6.45, 7) is 4.05. The average molecular weight is 415 g/mol. The van der Waals surface area contributed by atoms with Gasteiger partial charge in [0.05, 0.1) is 13.7 Å². The minimum absolute atomic E-state index is 0.0883. The molecule has 29 heavy (non-hydrogen) atoms. The molecular formula is C22H26N2O4S. The highest BCUT2D eigenvalue weighted by Crippen LogP contribution is 2.30. The van der Waals surface area contributed by atoms with Crippen molar-refractivity contribution in [2.45, 2.75) is 30.8 Å². The average Bonchev–Trinajstić information content (AvgIpc) is 3.33. The second-order valence-corrected chi connectivity index (χ2v) is 9.57. The number of ether oxygens (including phenoxy) is 1. The Hall–Kier alpha value is -2.35. The summed E-state index contributed by atoms with van der Waals surface area (Å²) in [4.78, 5) is 2.46. The van der Waals surface area contributed by atoms with Crippen molar-refractivity contribution in [2.75, 3.05) is 27.2 Å². The maximum atomic E-state index is 13.2. The lowest BCUT2D eigenvalue weighted by molar-refractivity contribution is 0.278. The van der Waals surface area contributed by atoms with E-state index in [-0.39, 0.29) is 10.9 Å². The van der Waals surface area contributed by atoms with E-state index in [1.54, 1.807) is 19.2 Å². The Morgan fingerprint density at radius 3 is 2.76 bits per heavy atom. The van der Waals surface area contributed by atoms with Crippen LogP contribution in [0.3, 0.4) is 0 Å². The molecule has 0 saturated carbocycles. The zero-order valence-corrected chi connectivity index (χ0v) is 17.8. The van der Waals surface area contributed by atoms with Crippen molar-refractivity contribution in [3.8, 4) is 5.75 Å². The third-order valence-corrected chi connectivity index (χ3v) is 7.53. The first kappa shape index (κ1) is 19.9. The van der Waals surface area contributed by atoms with Crippen LogP contribution in [0, 0.1) is 6.92 Å². The van der Waals surface area contributed by atoms with E-state index in [0.717, 1.165) is 35.3 Å². The van der Waals surface area contributed by atoms with Crippen molar-refractivity contribution < 1.29 is 17.6 Å². The molecule has 154 valence electrons. The van der Waals surface area contributed by atoms with Crippen molar-refractivity contribution >= 4 is 21.0 Å². The summed E-state index contributed by atoms with van der Waals surface area (Å²) in [6, 6.07) is 15.1. The predicted molar refractivity (Wildman–Crippen MR) is 113 cm³/mol. The van der Waals surface area contributed by atoms with Crippen molar-refractivity contribution in [1.29, 1.82) is 0 Å². The number of para-hydroxylation sites is 1. The molecule has 1 aliphatic heterocycles. The number of methoxy groups -OCH3 is 1. The smallest absolute Gasteiger partial charge is 0.246 e. The number of fused-ring (bicyclic) bond motifs is 1. The molecule has 1 atom stereocenters. The fourth-order valence-corrected chi connectivity index (χ4v) is 5.54. The number of aryl methyl sites for hydroxylation is 1. The monoisotopic (exact) mass is 414 g/mol. The molecule has 1 fully saturated rings. The molecule has 0 radical (unpaired) electrons. The van der Waals surface area contributed by atoms with Gasteiger partial charge in [0.25, 0.3) is 0 Å². The highest BCUT2D eigenvalue weighted by molar-refractivity contribution is 7.89. The molecule has 4 rings (SSSR count). The topological polar surface area (TPSA) is 63.0 Å². The maximum absolute atomic E-state index is 13.2. The minimum atomic E-state index is -3.65. The lowest BCUT2D eigenvalue weighted by atomic mass is 10.2. The Morgan fingerprint density at radius 1 is 1.21 bits per heavy atom.